The van der Waals surface area contributed by atoms with Crippen molar-refractivity contribution in [3.63, 3.8) is 0 Å². The molecule has 6 heteroatoms. The van der Waals surface area contributed by atoms with Crippen LogP contribution in [0.1, 0.15) is 58.4 Å². The SMILES string of the molecule is Cn1c(SCC(=O)NCCC2=CCCCC2)nnc1-c1ccc(C(C)(C)C)cc1. The Balaban J connectivity index is 1.51. The first-order chi connectivity index (χ1) is 13.8. The summed E-state index contributed by atoms with van der Waals surface area (Å²) >= 11 is 1.43. The molecule has 0 unspecified atom stereocenters. The lowest BCUT2D eigenvalue weighted by atomic mass is 9.87. The van der Waals surface area contributed by atoms with E-state index in [1.165, 1.54) is 48.6 Å². The van der Waals surface area contributed by atoms with Crippen LogP contribution in [0.3, 0.4) is 0 Å². The number of amides is 1. The molecule has 0 aliphatic heterocycles. The van der Waals surface area contributed by atoms with Gasteiger partial charge in [0.25, 0.3) is 0 Å². The maximum atomic E-state index is 12.2. The molecule has 0 bridgehead atoms. The van der Waals surface area contributed by atoms with E-state index < -0.39 is 0 Å². The first-order valence-electron chi connectivity index (χ1n) is 10.4. The van der Waals surface area contributed by atoms with E-state index in [4.69, 9.17) is 0 Å². The van der Waals surface area contributed by atoms with Gasteiger partial charge in [-0.2, -0.15) is 0 Å². The summed E-state index contributed by atoms with van der Waals surface area (Å²) in [5.74, 6) is 1.22. The van der Waals surface area contributed by atoms with Crippen LogP contribution in [-0.2, 0) is 17.3 Å². The lowest BCUT2D eigenvalue weighted by molar-refractivity contribution is -0.118. The number of aromatic nitrogens is 3. The molecular formula is C23H32N4OS. The van der Waals surface area contributed by atoms with E-state index in [9.17, 15) is 4.79 Å². The Labute approximate surface area is 178 Å². The Bertz CT molecular complexity index is 862. The van der Waals surface area contributed by atoms with Crippen molar-refractivity contribution in [1.82, 2.24) is 20.1 Å². The summed E-state index contributed by atoms with van der Waals surface area (Å²) in [6.45, 7) is 7.33. The van der Waals surface area contributed by atoms with Gasteiger partial charge in [0.05, 0.1) is 5.75 Å². The zero-order valence-corrected chi connectivity index (χ0v) is 18.8. The van der Waals surface area contributed by atoms with Crippen molar-refractivity contribution in [2.24, 2.45) is 7.05 Å². The monoisotopic (exact) mass is 412 g/mol. The van der Waals surface area contributed by atoms with Crippen LogP contribution in [0.5, 0.6) is 0 Å². The molecule has 1 aliphatic rings. The highest BCUT2D eigenvalue weighted by atomic mass is 32.2. The van der Waals surface area contributed by atoms with Crippen molar-refractivity contribution in [1.29, 1.82) is 0 Å². The third-order valence-corrected chi connectivity index (χ3v) is 6.35. The van der Waals surface area contributed by atoms with Crippen molar-refractivity contribution < 1.29 is 4.79 Å². The topological polar surface area (TPSA) is 59.8 Å². The van der Waals surface area contributed by atoms with E-state index in [-0.39, 0.29) is 11.3 Å². The second kappa shape index (κ2) is 9.61. The minimum absolute atomic E-state index is 0.0467. The summed E-state index contributed by atoms with van der Waals surface area (Å²) in [4.78, 5) is 12.2. The Morgan fingerprint density at radius 2 is 1.93 bits per heavy atom. The fraction of sp³-hybridized carbons (Fsp3) is 0.522. The van der Waals surface area contributed by atoms with Gasteiger partial charge >= 0.3 is 0 Å². The molecule has 0 spiro atoms. The Hall–Kier alpha value is -2.08. The lowest BCUT2D eigenvalue weighted by Crippen LogP contribution is -2.26. The zero-order chi connectivity index (χ0) is 20.9. The number of nitrogens with zero attached hydrogens (tertiary/aromatic N) is 3. The smallest absolute Gasteiger partial charge is 0.230 e. The van der Waals surface area contributed by atoms with Crippen molar-refractivity contribution in [3.05, 3.63) is 41.5 Å². The van der Waals surface area contributed by atoms with Crippen LogP contribution in [0.4, 0.5) is 0 Å². The number of rotatable bonds is 7. The molecule has 1 amide bonds. The molecule has 1 heterocycles. The summed E-state index contributed by atoms with van der Waals surface area (Å²) in [6, 6.07) is 8.47. The van der Waals surface area contributed by atoms with Gasteiger partial charge in [0, 0.05) is 19.2 Å². The fourth-order valence-corrected chi connectivity index (χ4v) is 4.23. The number of thioether (sulfide) groups is 1. The molecular weight excluding hydrogens is 380 g/mol. The molecule has 5 nitrogen and oxygen atoms in total. The molecule has 0 radical (unpaired) electrons. The fourth-order valence-electron chi connectivity index (χ4n) is 3.49. The molecule has 1 N–H and O–H groups in total. The number of nitrogens with one attached hydrogen (secondary N) is 1. The minimum atomic E-state index is 0.0467. The van der Waals surface area contributed by atoms with Gasteiger partial charge in [-0.05, 0) is 43.1 Å². The average molecular weight is 413 g/mol. The third-order valence-electron chi connectivity index (χ3n) is 5.33. The molecule has 0 saturated heterocycles. The Morgan fingerprint density at radius 3 is 2.59 bits per heavy atom. The van der Waals surface area contributed by atoms with Crippen molar-refractivity contribution >= 4 is 17.7 Å². The minimum Gasteiger partial charge on any atom is -0.355 e. The van der Waals surface area contributed by atoms with Crippen LogP contribution < -0.4 is 5.32 Å². The normalized spacial score (nSPS) is 14.6. The molecule has 3 rings (SSSR count). The quantitative estimate of drug-likeness (QED) is 0.520. The Morgan fingerprint density at radius 1 is 1.17 bits per heavy atom. The number of benzene rings is 1. The first-order valence-corrected chi connectivity index (χ1v) is 11.4. The second-order valence-corrected chi connectivity index (χ2v) is 9.63. The van der Waals surface area contributed by atoms with Gasteiger partial charge in [-0.3, -0.25) is 4.79 Å². The van der Waals surface area contributed by atoms with E-state index in [2.05, 4.69) is 66.6 Å². The molecule has 1 aromatic heterocycles. The van der Waals surface area contributed by atoms with Crippen LogP contribution >= 0.6 is 11.8 Å². The lowest BCUT2D eigenvalue weighted by Gasteiger charge is -2.19. The van der Waals surface area contributed by atoms with Gasteiger partial charge < -0.3 is 9.88 Å². The standard InChI is InChI=1S/C23H32N4OS/c1-23(2,3)19-12-10-18(11-13-19)21-25-26-22(27(21)4)29-16-20(28)24-15-14-17-8-6-5-7-9-17/h8,10-13H,5-7,9,14-16H2,1-4H3,(H,24,28). The van der Waals surface area contributed by atoms with Crippen molar-refractivity contribution in [2.45, 2.75) is 63.4 Å². The van der Waals surface area contributed by atoms with E-state index in [0.29, 0.717) is 5.75 Å². The molecule has 0 saturated carbocycles. The van der Waals surface area contributed by atoms with Crippen LogP contribution in [0.25, 0.3) is 11.4 Å². The molecule has 156 valence electrons. The van der Waals surface area contributed by atoms with Gasteiger partial charge in [-0.25, -0.2) is 0 Å². The second-order valence-electron chi connectivity index (χ2n) is 8.69. The maximum Gasteiger partial charge on any atom is 0.230 e. The van der Waals surface area contributed by atoms with E-state index in [0.717, 1.165) is 29.5 Å². The van der Waals surface area contributed by atoms with Gasteiger partial charge in [-0.15, -0.1) is 10.2 Å². The maximum absolute atomic E-state index is 12.2. The number of carbonyl (C=O) groups excluding carboxylic acids is 1. The van der Waals surface area contributed by atoms with Crippen LogP contribution in [-0.4, -0.2) is 33.0 Å². The predicted molar refractivity (Wildman–Crippen MR) is 120 cm³/mol. The highest BCUT2D eigenvalue weighted by molar-refractivity contribution is 7.99. The molecule has 0 atom stereocenters. The highest BCUT2D eigenvalue weighted by Gasteiger charge is 2.16. The molecule has 0 fully saturated rings. The van der Waals surface area contributed by atoms with Gasteiger partial charge in [0.1, 0.15) is 0 Å². The number of hydrogen-bond donors (Lipinski definition) is 1. The van der Waals surface area contributed by atoms with E-state index in [1.54, 1.807) is 0 Å². The van der Waals surface area contributed by atoms with Crippen molar-refractivity contribution in [3.8, 4) is 11.4 Å². The van der Waals surface area contributed by atoms with Crippen molar-refractivity contribution in [2.75, 3.05) is 12.3 Å². The van der Waals surface area contributed by atoms with Gasteiger partial charge in [0.15, 0.2) is 11.0 Å². The molecule has 1 aromatic carbocycles. The van der Waals surface area contributed by atoms with E-state index >= 15 is 0 Å². The summed E-state index contributed by atoms with van der Waals surface area (Å²) in [5.41, 5.74) is 3.93. The number of hydrogen-bond acceptors (Lipinski definition) is 4. The van der Waals surface area contributed by atoms with E-state index in [1.807, 2.05) is 11.6 Å². The largest absolute Gasteiger partial charge is 0.355 e. The first kappa shape index (κ1) is 21.6. The summed E-state index contributed by atoms with van der Waals surface area (Å²) in [6.07, 6.45) is 8.25. The summed E-state index contributed by atoms with van der Waals surface area (Å²) in [5, 5.41) is 12.4. The average Bonchev–Trinajstić information content (AvgIpc) is 3.07. The zero-order valence-electron chi connectivity index (χ0n) is 18.0. The third kappa shape index (κ3) is 5.95. The van der Waals surface area contributed by atoms with Gasteiger partial charge in [0.2, 0.25) is 5.91 Å². The molecule has 29 heavy (non-hydrogen) atoms. The molecule has 1 aliphatic carbocycles. The molecule has 2 aromatic rings. The highest BCUT2D eigenvalue weighted by Crippen LogP contribution is 2.27. The van der Waals surface area contributed by atoms with Crippen LogP contribution in [0, 0.1) is 0 Å². The number of carbonyl (C=O) groups is 1. The summed E-state index contributed by atoms with van der Waals surface area (Å²) in [7, 11) is 1.95. The Kier molecular flexibility index (Phi) is 7.17. The van der Waals surface area contributed by atoms with Crippen LogP contribution in [0.15, 0.2) is 41.1 Å². The van der Waals surface area contributed by atoms with Gasteiger partial charge in [-0.1, -0.05) is 68.4 Å². The predicted octanol–water partition coefficient (Wildman–Crippen LogP) is 4.88. The number of allylic oxidation sites excluding steroid dienone is 1. The summed E-state index contributed by atoms with van der Waals surface area (Å²) < 4.78 is 1.96. The van der Waals surface area contributed by atoms with Crippen LogP contribution in [0.2, 0.25) is 0 Å².